The summed E-state index contributed by atoms with van der Waals surface area (Å²) in [5.41, 5.74) is 0.889. The summed E-state index contributed by atoms with van der Waals surface area (Å²) in [7, 11) is 0. The van der Waals surface area contributed by atoms with Gasteiger partial charge in [-0.15, -0.1) is 0 Å². The zero-order valence-electron chi connectivity index (χ0n) is 8.16. The first-order chi connectivity index (χ1) is 5.41. The highest BCUT2D eigenvalue weighted by Gasteiger charge is 2.35. The van der Waals surface area contributed by atoms with Crippen molar-refractivity contribution in [2.75, 3.05) is 0 Å². The van der Waals surface area contributed by atoms with Crippen LogP contribution in [0.1, 0.15) is 65.2 Å². The Kier molecular flexibility index (Phi) is 3.42. The zero-order valence-corrected chi connectivity index (χ0v) is 8.16. The van der Waals surface area contributed by atoms with E-state index >= 15 is 0 Å². The third-order valence-corrected chi connectivity index (χ3v) is 3.33. The molecular weight excluding hydrogens is 132 g/mol. The molecule has 0 saturated heterocycles. The molecule has 0 N–H and O–H groups in total. The van der Waals surface area contributed by atoms with Crippen molar-refractivity contribution in [2.24, 2.45) is 5.41 Å². The average Bonchev–Trinajstić information content (AvgIpc) is 2.69. The van der Waals surface area contributed by atoms with Crippen LogP contribution >= 0.6 is 0 Å². The predicted molar refractivity (Wildman–Crippen MR) is 50.7 cm³/mol. The number of hydrogen-bond acceptors (Lipinski definition) is 0. The van der Waals surface area contributed by atoms with E-state index in [1.807, 2.05) is 13.8 Å². The Balaban J connectivity index is 0.000000281. The lowest BCUT2D eigenvalue weighted by Crippen LogP contribution is -2.08. The van der Waals surface area contributed by atoms with Crippen molar-refractivity contribution in [1.29, 1.82) is 0 Å². The summed E-state index contributed by atoms with van der Waals surface area (Å²) < 4.78 is 0. The topological polar surface area (TPSA) is 0 Å². The molecule has 0 aromatic heterocycles. The van der Waals surface area contributed by atoms with Gasteiger partial charge >= 0.3 is 0 Å². The van der Waals surface area contributed by atoms with E-state index in [1.54, 1.807) is 25.7 Å². The summed E-state index contributed by atoms with van der Waals surface area (Å²) in [6.07, 6.45) is 12.4. The Labute approximate surface area is 71.4 Å². The molecule has 0 bridgehead atoms. The maximum absolute atomic E-state index is 2.00. The standard InChI is InChI=1S/C9H16.C2H6/c1-2-6-9(5-1)7-3-4-8-9;1-2/h1-8H2;1-2H3. The Hall–Kier alpha value is 0. The highest BCUT2D eigenvalue weighted by Crippen LogP contribution is 2.50. The van der Waals surface area contributed by atoms with Gasteiger partial charge in [0.2, 0.25) is 0 Å². The highest BCUT2D eigenvalue weighted by molar-refractivity contribution is 4.88. The van der Waals surface area contributed by atoms with Gasteiger partial charge in [0.1, 0.15) is 0 Å². The molecule has 0 amide bonds. The normalized spacial score (nSPS) is 26.7. The minimum absolute atomic E-state index is 0.889. The largest absolute Gasteiger partial charge is 0.0683 e. The highest BCUT2D eigenvalue weighted by atomic mass is 14.4. The van der Waals surface area contributed by atoms with Crippen LogP contribution in [0.15, 0.2) is 0 Å². The molecule has 2 aliphatic carbocycles. The summed E-state index contributed by atoms with van der Waals surface area (Å²) in [6.45, 7) is 4.00. The first-order valence-electron chi connectivity index (χ1n) is 5.41. The third kappa shape index (κ3) is 1.98. The molecule has 2 fully saturated rings. The van der Waals surface area contributed by atoms with Crippen LogP contribution in [0.3, 0.4) is 0 Å². The van der Waals surface area contributed by atoms with E-state index in [0.29, 0.717) is 0 Å². The molecule has 2 saturated carbocycles. The van der Waals surface area contributed by atoms with E-state index in [4.69, 9.17) is 0 Å². The minimum atomic E-state index is 0.889. The smallest absolute Gasteiger partial charge is 0.0297 e. The molecule has 0 atom stereocenters. The van der Waals surface area contributed by atoms with Crippen LogP contribution in [0, 0.1) is 5.41 Å². The van der Waals surface area contributed by atoms with Crippen LogP contribution in [0.4, 0.5) is 0 Å². The van der Waals surface area contributed by atoms with Crippen LogP contribution in [-0.4, -0.2) is 0 Å². The lowest BCUT2D eigenvalue weighted by Gasteiger charge is -2.20. The van der Waals surface area contributed by atoms with Crippen molar-refractivity contribution in [3.05, 3.63) is 0 Å². The molecule has 0 aliphatic heterocycles. The molecule has 0 nitrogen and oxygen atoms in total. The van der Waals surface area contributed by atoms with E-state index in [-0.39, 0.29) is 0 Å². The Morgan fingerprint density at radius 3 is 1.18 bits per heavy atom. The SMILES string of the molecule is C1CCC2(C1)CCCC2.CC. The molecule has 11 heavy (non-hydrogen) atoms. The second kappa shape index (κ2) is 4.13. The average molecular weight is 154 g/mol. The van der Waals surface area contributed by atoms with E-state index < -0.39 is 0 Å². The van der Waals surface area contributed by atoms with Gasteiger partial charge in [0.25, 0.3) is 0 Å². The quantitative estimate of drug-likeness (QED) is 0.492. The van der Waals surface area contributed by atoms with Gasteiger partial charge in [0.05, 0.1) is 0 Å². The molecule has 0 heteroatoms. The summed E-state index contributed by atoms with van der Waals surface area (Å²) in [5, 5.41) is 0. The van der Waals surface area contributed by atoms with Crippen LogP contribution < -0.4 is 0 Å². The Morgan fingerprint density at radius 2 is 0.909 bits per heavy atom. The van der Waals surface area contributed by atoms with Gasteiger partial charge in [-0.1, -0.05) is 39.5 Å². The lowest BCUT2D eigenvalue weighted by molar-refractivity contribution is 0.309. The first-order valence-corrected chi connectivity index (χ1v) is 5.41. The van der Waals surface area contributed by atoms with Gasteiger partial charge in [-0.3, -0.25) is 0 Å². The van der Waals surface area contributed by atoms with Crippen molar-refractivity contribution in [1.82, 2.24) is 0 Å². The molecular formula is C11H22. The van der Waals surface area contributed by atoms with Crippen LogP contribution in [0.2, 0.25) is 0 Å². The van der Waals surface area contributed by atoms with Gasteiger partial charge in [0, 0.05) is 0 Å². The lowest BCUT2D eigenvalue weighted by atomic mass is 9.85. The van der Waals surface area contributed by atoms with Gasteiger partial charge in [0.15, 0.2) is 0 Å². The second-order valence-corrected chi connectivity index (χ2v) is 3.91. The van der Waals surface area contributed by atoms with Gasteiger partial charge in [-0.25, -0.2) is 0 Å². The molecule has 66 valence electrons. The Morgan fingerprint density at radius 1 is 0.636 bits per heavy atom. The van der Waals surface area contributed by atoms with E-state index in [2.05, 4.69) is 0 Å². The fourth-order valence-electron chi connectivity index (χ4n) is 2.75. The molecule has 2 aliphatic rings. The van der Waals surface area contributed by atoms with Crippen LogP contribution in [0.5, 0.6) is 0 Å². The van der Waals surface area contributed by atoms with Gasteiger partial charge in [-0.2, -0.15) is 0 Å². The van der Waals surface area contributed by atoms with Crippen molar-refractivity contribution in [3.63, 3.8) is 0 Å². The van der Waals surface area contributed by atoms with Crippen molar-refractivity contribution in [3.8, 4) is 0 Å². The molecule has 1 spiro atoms. The maximum Gasteiger partial charge on any atom is -0.0297 e. The second-order valence-electron chi connectivity index (χ2n) is 3.91. The fraction of sp³-hybridized carbons (Fsp3) is 1.00. The molecule has 0 aromatic rings. The van der Waals surface area contributed by atoms with Crippen LogP contribution in [-0.2, 0) is 0 Å². The van der Waals surface area contributed by atoms with E-state index in [0.717, 1.165) is 5.41 Å². The summed E-state index contributed by atoms with van der Waals surface area (Å²) in [5.74, 6) is 0. The Bertz CT molecular complexity index is 75.1. The summed E-state index contributed by atoms with van der Waals surface area (Å²) in [6, 6.07) is 0. The van der Waals surface area contributed by atoms with E-state index in [1.165, 1.54) is 25.7 Å². The predicted octanol–water partition coefficient (Wildman–Crippen LogP) is 4.15. The fourth-order valence-corrected chi connectivity index (χ4v) is 2.75. The zero-order chi connectivity index (χ0) is 8.16. The van der Waals surface area contributed by atoms with Crippen molar-refractivity contribution < 1.29 is 0 Å². The molecule has 0 aromatic carbocycles. The summed E-state index contributed by atoms with van der Waals surface area (Å²) >= 11 is 0. The molecule has 0 unspecified atom stereocenters. The van der Waals surface area contributed by atoms with Crippen LogP contribution in [0.25, 0.3) is 0 Å². The monoisotopic (exact) mass is 154 g/mol. The van der Waals surface area contributed by atoms with Crippen molar-refractivity contribution >= 4 is 0 Å². The number of rotatable bonds is 0. The first kappa shape index (κ1) is 9.09. The number of hydrogen-bond donors (Lipinski definition) is 0. The molecule has 2 rings (SSSR count). The van der Waals surface area contributed by atoms with E-state index in [9.17, 15) is 0 Å². The van der Waals surface area contributed by atoms with Gasteiger partial charge in [-0.05, 0) is 31.1 Å². The minimum Gasteiger partial charge on any atom is -0.0683 e. The maximum atomic E-state index is 2.00. The summed E-state index contributed by atoms with van der Waals surface area (Å²) in [4.78, 5) is 0. The molecule has 0 radical (unpaired) electrons. The third-order valence-electron chi connectivity index (χ3n) is 3.33. The molecule has 0 heterocycles. The van der Waals surface area contributed by atoms with Gasteiger partial charge < -0.3 is 0 Å². The van der Waals surface area contributed by atoms with Crippen molar-refractivity contribution in [2.45, 2.75) is 65.2 Å².